The van der Waals surface area contributed by atoms with Crippen LogP contribution in [0.15, 0.2) is 24.3 Å². The van der Waals surface area contributed by atoms with Crippen LogP contribution in [-0.2, 0) is 9.53 Å². The Bertz CT molecular complexity index is 513. The third-order valence-electron chi connectivity index (χ3n) is 3.59. The van der Waals surface area contributed by atoms with Crippen LogP contribution in [0, 0.1) is 5.82 Å². The molecule has 0 aromatic heterocycles. The van der Waals surface area contributed by atoms with Gasteiger partial charge < -0.3 is 4.74 Å². The van der Waals surface area contributed by atoms with Gasteiger partial charge in [-0.15, -0.1) is 0 Å². The topological polar surface area (TPSA) is 70.7 Å². The van der Waals surface area contributed by atoms with E-state index in [0.29, 0.717) is 19.8 Å². The third-order valence-corrected chi connectivity index (χ3v) is 3.59. The largest absolute Gasteiger partial charge is 0.380 e. The summed E-state index contributed by atoms with van der Waals surface area (Å²) in [6, 6.07) is 4.72. The van der Waals surface area contributed by atoms with Gasteiger partial charge >= 0.3 is 0 Å². The van der Waals surface area contributed by atoms with Crippen LogP contribution in [0.5, 0.6) is 0 Å². The van der Waals surface area contributed by atoms with E-state index in [4.69, 9.17) is 4.74 Å². The van der Waals surface area contributed by atoms with E-state index in [0.717, 1.165) is 13.0 Å². The van der Waals surface area contributed by atoms with Crippen molar-refractivity contribution in [3.05, 3.63) is 35.6 Å². The molecule has 1 aromatic rings. The van der Waals surface area contributed by atoms with E-state index in [-0.39, 0.29) is 17.5 Å². The summed E-state index contributed by atoms with van der Waals surface area (Å²) in [6.07, 6.45) is 0.875. The van der Waals surface area contributed by atoms with Crippen molar-refractivity contribution in [3.8, 4) is 0 Å². The minimum atomic E-state index is -0.486. The number of hydrazine groups is 1. The summed E-state index contributed by atoms with van der Waals surface area (Å²) in [5, 5.41) is 0. The number of hydrogen-bond acceptors (Lipinski definition) is 4. The van der Waals surface area contributed by atoms with Gasteiger partial charge in [-0.1, -0.05) is 0 Å². The van der Waals surface area contributed by atoms with Crippen LogP contribution in [0.1, 0.15) is 23.7 Å². The predicted molar refractivity (Wildman–Crippen MR) is 78.5 cm³/mol. The summed E-state index contributed by atoms with van der Waals surface area (Å²) in [7, 11) is 0. The SMILES string of the molecule is CC(C(=O)NNC(=O)c1ccc(F)cc1)N1CCCOCC1. The van der Waals surface area contributed by atoms with Gasteiger partial charge in [-0.05, 0) is 37.6 Å². The van der Waals surface area contributed by atoms with Gasteiger partial charge in [0.1, 0.15) is 5.82 Å². The molecule has 0 saturated carbocycles. The fourth-order valence-electron chi connectivity index (χ4n) is 2.21. The van der Waals surface area contributed by atoms with Crippen LogP contribution in [0.25, 0.3) is 0 Å². The molecule has 1 atom stereocenters. The Balaban J connectivity index is 1.83. The normalized spacial score (nSPS) is 17.4. The van der Waals surface area contributed by atoms with Gasteiger partial charge in [-0.3, -0.25) is 25.3 Å². The van der Waals surface area contributed by atoms with Crippen LogP contribution in [-0.4, -0.2) is 49.1 Å². The van der Waals surface area contributed by atoms with Crippen LogP contribution in [0.3, 0.4) is 0 Å². The molecule has 1 aliphatic rings. The average Bonchev–Trinajstić information content (AvgIpc) is 2.81. The lowest BCUT2D eigenvalue weighted by molar-refractivity contribution is -0.126. The van der Waals surface area contributed by atoms with Crippen molar-refractivity contribution in [2.45, 2.75) is 19.4 Å². The Morgan fingerprint density at radius 3 is 2.64 bits per heavy atom. The van der Waals surface area contributed by atoms with Crippen molar-refractivity contribution >= 4 is 11.8 Å². The van der Waals surface area contributed by atoms with E-state index in [1.54, 1.807) is 6.92 Å². The van der Waals surface area contributed by atoms with Crippen LogP contribution < -0.4 is 10.9 Å². The second-order valence-corrected chi connectivity index (χ2v) is 5.13. The minimum absolute atomic E-state index is 0.275. The van der Waals surface area contributed by atoms with Gasteiger partial charge in [0, 0.05) is 25.3 Å². The quantitative estimate of drug-likeness (QED) is 0.806. The summed E-state index contributed by atoms with van der Waals surface area (Å²) < 4.78 is 18.1. The molecule has 0 bridgehead atoms. The number of nitrogens with one attached hydrogen (secondary N) is 2. The van der Waals surface area contributed by atoms with E-state index in [1.807, 2.05) is 4.90 Å². The number of halogens is 1. The van der Waals surface area contributed by atoms with Crippen molar-refractivity contribution < 1.29 is 18.7 Å². The zero-order valence-corrected chi connectivity index (χ0v) is 12.5. The molecule has 1 heterocycles. The lowest BCUT2D eigenvalue weighted by atomic mass is 10.2. The fourth-order valence-corrected chi connectivity index (χ4v) is 2.21. The summed E-state index contributed by atoms with van der Waals surface area (Å²) in [5.41, 5.74) is 5.01. The van der Waals surface area contributed by atoms with Crippen LogP contribution in [0.2, 0.25) is 0 Å². The molecule has 2 rings (SSSR count). The molecular formula is C15H20FN3O3. The number of carbonyl (C=O) groups is 2. The lowest BCUT2D eigenvalue weighted by Gasteiger charge is -2.25. The molecular weight excluding hydrogens is 289 g/mol. The highest BCUT2D eigenvalue weighted by Gasteiger charge is 2.22. The molecule has 0 aliphatic carbocycles. The van der Waals surface area contributed by atoms with Gasteiger partial charge in [-0.2, -0.15) is 0 Å². The fraction of sp³-hybridized carbons (Fsp3) is 0.467. The second kappa shape index (κ2) is 7.86. The summed E-state index contributed by atoms with van der Waals surface area (Å²) in [6.45, 7) is 4.54. The van der Waals surface area contributed by atoms with Crippen molar-refractivity contribution in [1.82, 2.24) is 15.8 Å². The highest BCUT2D eigenvalue weighted by atomic mass is 19.1. The Hall–Kier alpha value is -1.99. The molecule has 0 radical (unpaired) electrons. The van der Waals surface area contributed by atoms with Crippen molar-refractivity contribution in [1.29, 1.82) is 0 Å². The van der Waals surface area contributed by atoms with E-state index in [1.165, 1.54) is 24.3 Å². The maximum Gasteiger partial charge on any atom is 0.269 e. The zero-order valence-electron chi connectivity index (χ0n) is 12.5. The van der Waals surface area contributed by atoms with Gasteiger partial charge in [0.2, 0.25) is 0 Å². The number of nitrogens with zero attached hydrogens (tertiary/aromatic N) is 1. The van der Waals surface area contributed by atoms with Crippen molar-refractivity contribution in [2.75, 3.05) is 26.3 Å². The number of benzene rings is 1. The first-order valence-electron chi connectivity index (χ1n) is 7.25. The van der Waals surface area contributed by atoms with Crippen LogP contribution in [0.4, 0.5) is 4.39 Å². The van der Waals surface area contributed by atoms with Gasteiger partial charge in [0.25, 0.3) is 11.8 Å². The van der Waals surface area contributed by atoms with E-state index in [2.05, 4.69) is 10.9 Å². The van der Waals surface area contributed by atoms with E-state index in [9.17, 15) is 14.0 Å². The average molecular weight is 309 g/mol. The number of carbonyl (C=O) groups excluding carboxylic acids is 2. The first-order valence-corrected chi connectivity index (χ1v) is 7.25. The van der Waals surface area contributed by atoms with Gasteiger partial charge in [0.15, 0.2) is 0 Å². The maximum atomic E-state index is 12.8. The zero-order chi connectivity index (χ0) is 15.9. The van der Waals surface area contributed by atoms with Gasteiger partial charge in [-0.25, -0.2) is 4.39 Å². The first-order chi connectivity index (χ1) is 10.6. The minimum Gasteiger partial charge on any atom is -0.380 e. The number of rotatable bonds is 3. The molecule has 2 N–H and O–H groups in total. The summed E-state index contributed by atoms with van der Waals surface area (Å²) in [4.78, 5) is 25.9. The molecule has 6 nitrogen and oxygen atoms in total. The highest BCUT2D eigenvalue weighted by Crippen LogP contribution is 2.05. The first kappa shape index (κ1) is 16.4. The molecule has 1 aromatic carbocycles. The molecule has 120 valence electrons. The summed E-state index contributed by atoms with van der Waals surface area (Å²) >= 11 is 0. The van der Waals surface area contributed by atoms with Crippen molar-refractivity contribution in [2.24, 2.45) is 0 Å². The molecule has 22 heavy (non-hydrogen) atoms. The number of amides is 2. The molecule has 1 saturated heterocycles. The highest BCUT2D eigenvalue weighted by molar-refractivity contribution is 5.95. The number of hydrogen-bond donors (Lipinski definition) is 2. The van der Waals surface area contributed by atoms with Crippen LogP contribution >= 0.6 is 0 Å². The molecule has 7 heteroatoms. The second-order valence-electron chi connectivity index (χ2n) is 5.13. The molecule has 1 aliphatic heterocycles. The molecule has 2 amide bonds. The maximum absolute atomic E-state index is 12.8. The molecule has 1 fully saturated rings. The summed E-state index contributed by atoms with van der Waals surface area (Å²) in [5.74, 6) is -1.20. The molecule has 0 spiro atoms. The Labute approximate surface area is 128 Å². The number of ether oxygens (including phenoxy) is 1. The monoisotopic (exact) mass is 309 g/mol. The third kappa shape index (κ3) is 4.51. The Morgan fingerprint density at radius 1 is 1.18 bits per heavy atom. The standard InChI is InChI=1S/C15H20FN3O3/c1-11(19-7-2-9-22-10-8-19)14(20)17-18-15(21)12-3-5-13(16)6-4-12/h3-6,11H,2,7-10H2,1H3,(H,17,20)(H,18,21). The van der Waals surface area contributed by atoms with E-state index >= 15 is 0 Å². The van der Waals surface area contributed by atoms with Crippen molar-refractivity contribution in [3.63, 3.8) is 0 Å². The van der Waals surface area contributed by atoms with Gasteiger partial charge in [0.05, 0.1) is 12.6 Å². The Morgan fingerprint density at radius 2 is 1.91 bits per heavy atom. The predicted octanol–water partition coefficient (Wildman–Crippen LogP) is 0.697. The molecule has 1 unspecified atom stereocenters. The smallest absolute Gasteiger partial charge is 0.269 e. The van der Waals surface area contributed by atoms with E-state index < -0.39 is 11.7 Å². The Kier molecular flexibility index (Phi) is 5.85. The lowest BCUT2D eigenvalue weighted by Crippen LogP contribution is -2.51.